The van der Waals surface area contributed by atoms with Crippen LogP contribution in [0.15, 0.2) is 36.4 Å². The van der Waals surface area contributed by atoms with Crippen LogP contribution in [-0.4, -0.2) is 13.2 Å². The molecule has 166 valence electrons. The molecule has 0 bridgehead atoms. The van der Waals surface area contributed by atoms with Crippen molar-refractivity contribution in [3.8, 4) is 11.5 Å². The van der Waals surface area contributed by atoms with Crippen molar-refractivity contribution in [2.75, 3.05) is 13.2 Å². The van der Waals surface area contributed by atoms with E-state index in [0.29, 0.717) is 0 Å². The van der Waals surface area contributed by atoms with Gasteiger partial charge in [0.05, 0.1) is 13.2 Å². The van der Waals surface area contributed by atoms with Crippen molar-refractivity contribution >= 4 is 63.7 Å². The van der Waals surface area contributed by atoms with Crippen LogP contribution in [0.2, 0.25) is 0 Å². The summed E-state index contributed by atoms with van der Waals surface area (Å²) < 4.78 is 11.9. The third-order valence-corrected chi connectivity index (χ3v) is 7.34. The maximum Gasteiger partial charge on any atom is 0.119 e. The van der Waals surface area contributed by atoms with Crippen LogP contribution in [0.1, 0.15) is 60.8 Å². The lowest BCUT2D eigenvalue weighted by Crippen LogP contribution is -2.00. The Morgan fingerprint density at radius 2 is 0.733 bits per heavy atom. The smallest absolute Gasteiger partial charge is 0.119 e. The van der Waals surface area contributed by atoms with E-state index in [4.69, 9.17) is 9.47 Å². The van der Waals surface area contributed by atoms with E-state index in [-0.39, 0.29) is 0 Å². The van der Waals surface area contributed by atoms with Gasteiger partial charge < -0.3 is 9.47 Å². The summed E-state index contributed by atoms with van der Waals surface area (Å²) in [5.41, 5.74) is 5.02. The molecule has 0 aliphatic heterocycles. The molecule has 0 saturated carbocycles. The second kappa shape index (κ2) is 15.7. The highest BCUT2D eigenvalue weighted by molar-refractivity contribution is 9.09. The number of hydrogen-bond acceptors (Lipinski definition) is 2. The van der Waals surface area contributed by atoms with Gasteiger partial charge in [0, 0.05) is 21.3 Å². The lowest BCUT2D eigenvalue weighted by molar-refractivity contribution is 0.296. The number of alkyl halides is 4. The Kier molecular flexibility index (Phi) is 13.7. The highest BCUT2D eigenvalue weighted by atomic mass is 79.9. The molecule has 0 aliphatic rings. The van der Waals surface area contributed by atoms with Gasteiger partial charge in [-0.05, 0) is 59.4 Å². The van der Waals surface area contributed by atoms with Crippen molar-refractivity contribution in [3.05, 3.63) is 58.7 Å². The summed E-state index contributed by atoms with van der Waals surface area (Å²) in [5, 5.41) is 3.42. The third-order valence-electron chi connectivity index (χ3n) is 4.75. The van der Waals surface area contributed by atoms with Gasteiger partial charge in [-0.3, -0.25) is 0 Å². The van der Waals surface area contributed by atoms with Gasteiger partial charge in [0.2, 0.25) is 0 Å². The molecule has 0 unspecified atom stereocenters. The van der Waals surface area contributed by atoms with Gasteiger partial charge in [0.1, 0.15) is 11.5 Å². The predicted octanol–water partition coefficient (Wildman–Crippen LogP) is 9.06. The fraction of sp³-hybridized carbons (Fsp3) is 0.500. The molecule has 2 nitrogen and oxygen atoms in total. The molecule has 0 spiro atoms. The fourth-order valence-electron chi connectivity index (χ4n) is 3.22. The topological polar surface area (TPSA) is 18.5 Å². The summed E-state index contributed by atoms with van der Waals surface area (Å²) in [4.78, 5) is 0. The van der Waals surface area contributed by atoms with E-state index in [1.54, 1.807) is 0 Å². The normalized spacial score (nSPS) is 10.9. The van der Waals surface area contributed by atoms with Gasteiger partial charge in [-0.15, -0.1) is 0 Å². The largest absolute Gasteiger partial charge is 0.494 e. The monoisotopic (exact) mass is 666 g/mol. The molecule has 0 radical (unpaired) electrons. The molecule has 30 heavy (non-hydrogen) atoms. The first-order valence-corrected chi connectivity index (χ1v) is 14.9. The Labute approximate surface area is 215 Å². The molecular formula is C24H30Br4O2. The quantitative estimate of drug-likeness (QED) is 0.139. The Morgan fingerprint density at radius 1 is 0.433 bits per heavy atom. The minimum atomic E-state index is 0.788. The van der Waals surface area contributed by atoms with Gasteiger partial charge >= 0.3 is 0 Å². The molecule has 6 heteroatoms. The van der Waals surface area contributed by atoms with Crippen molar-refractivity contribution in [1.29, 1.82) is 0 Å². The summed E-state index contributed by atoms with van der Waals surface area (Å²) in [7, 11) is 0. The Bertz CT molecular complexity index is 644. The molecule has 0 heterocycles. The predicted molar refractivity (Wildman–Crippen MR) is 142 cm³/mol. The lowest BCUT2D eigenvalue weighted by Gasteiger charge is -2.10. The van der Waals surface area contributed by atoms with Crippen LogP contribution in [-0.2, 0) is 21.3 Å². The molecular weight excluding hydrogens is 640 g/mol. The standard InChI is InChI=1S/C24H30Br4O2/c25-15-19-9-20(16-26)12-23(11-19)29-7-5-3-1-2-4-6-8-30-24-13-21(17-27)10-22(14-24)18-28/h9-14H,1-8,15-18H2. The maximum atomic E-state index is 5.95. The summed E-state index contributed by atoms with van der Waals surface area (Å²) >= 11 is 14.1. The average Bonchev–Trinajstić information content (AvgIpc) is 2.79. The molecule has 0 atom stereocenters. The van der Waals surface area contributed by atoms with E-state index in [0.717, 1.165) is 58.9 Å². The molecule has 0 fully saturated rings. The molecule has 0 aliphatic carbocycles. The van der Waals surface area contributed by atoms with E-state index in [2.05, 4.69) is 100 Å². The SMILES string of the molecule is BrCc1cc(CBr)cc(OCCCCCCCCOc2cc(CBr)cc(CBr)c2)c1. The van der Waals surface area contributed by atoms with E-state index in [1.807, 2.05) is 0 Å². The molecule has 0 saturated heterocycles. The maximum absolute atomic E-state index is 5.95. The second-order valence-electron chi connectivity index (χ2n) is 7.32. The first-order chi connectivity index (χ1) is 14.7. The fourth-order valence-corrected chi connectivity index (χ4v) is 4.52. The second-order valence-corrected chi connectivity index (χ2v) is 9.57. The minimum Gasteiger partial charge on any atom is -0.494 e. The number of halogens is 4. The zero-order valence-corrected chi connectivity index (χ0v) is 23.6. The van der Waals surface area contributed by atoms with Crippen LogP contribution >= 0.6 is 63.7 Å². The molecule has 0 N–H and O–H groups in total. The number of unbranched alkanes of at least 4 members (excludes halogenated alkanes) is 5. The van der Waals surface area contributed by atoms with Crippen molar-refractivity contribution in [1.82, 2.24) is 0 Å². The van der Waals surface area contributed by atoms with E-state index in [1.165, 1.54) is 47.9 Å². The third kappa shape index (κ3) is 10.1. The Morgan fingerprint density at radius 3 is 1.03 bits per heavy atom. The first kappa shape index (κ1) is 26.2. The van der Waals surface area contributed by atoms with Gasteiger partial charge in [-0.25, -0.2) is 0 Å². The molecule has 0 aromatic heterocycles. The van der Waals surface area contributed by atoms with E-state index < -0.39 is 0 Å². The number of ether oxygens (including phenoxy) is 2. The number of benzene rings is 2. The molecule has 2 aromatic rings. The lowest BCUT2D eigenvalue weighted by atomic mass is 10.1. The van der Waals surface area contributed by atoms with E-state index in [9.17, 15) is 0 Å². The van der Waals surface area contributed by atoms with Crippen molar-refractivity contribution < 1.29 is 9.47 Å². The summed E-state index contributed by atoms with van der Waals surface area (Å²) in [6.07, 6.45) is 7.15. The summed E-state index contributed by atoms with van der Waals surface area (Å²) in [6.45, 7) is 1.58. The van der Waals surface area contributed by atoms with Gasteiger partial charge in [-0.1, -0.05) is 102 Å². The van der Waals surface area contributed by atoms with Crippen LogP contribution < -0.4 is 9.47 Å². The van der Waals surface area contributed by atoms with Gasteiger partial charge in [0.15, 0.2) is 0 Å². The highest BCUT2D eigenvalue weighted by Gasteiger charge is 2.03. The Hall–Kier alpha value is -0.0400. The van der Waals surface area contributed by atoms with E-state index >= 15 is 0 Å². The molecule has 2 aromatic carbocycles. The number of hydrogen-bond donors (Lipinski definition) is 0. The minimum absolute atomic E-state index is 0.788. The van der Waals surface area contributed by atoms with Crippen molar-refractivity contribution in [2.24, 2.45) is 0 Å². The average molecular weight is 670 g/mol. The van der Waals surface area contributed by atoms with Crippen LogP contribution in [0.5, 0.6) is 11.5 Å². The van der Waals surface area contributed by atoms with Crippen molar-refractivity contribution in [3.63, 3.8) is 0 Å². The molecule has 0 amide bonds. The van der Waals surface area contributed by atoms with Crippen LogP contribution in [0.3, 0.4) is 0 Å². The number of rotatable bonds is 15. The summed E-state index contributed by atoms with van der Waals surface area (Å²) in [6, 6.07) is 12.9. The van der Waals surface area contributed by atoms with Crippen LogP contribution in [0, 0.1) is 0 Å². The van der Waals surface area contributed by atoms with Crippen LogP contribution in [0.25, 0.3) is 0 Å². The summed E-state index contributed by atoms with van der Waals surface area (Å²) in [5.74, 6) is 1.95. The molecule has 2 rings (SSSR count). The van der Waals surface area contributed by atoms with Crippen molar-refractivity contribution in [2.45, 2.75) is 59.8 Å². The highest BCUT2D eigenvalue weighted by Crippen LogP contribution is 2.22. The zero-order chi connectivity index (χ0) is 21.6. The van der Waals surface area contributed by atoms with Gasteiger partial charge in [0.25, 0.3) is 0 Å². The Balaban J connectivity index is 1.54. The van der Waals surface area contributed by atoms with Crippen LogP contribution in [0.4, 0.5) is 0 Å². The first-order valence-electron chi connectivity index (χ1n) is 10.4. The van der Waals surface area contributed by atoms with Gasteiger partial charge in [-0.2, -0.15) is 0 Å². The zero-order valence-electron chi connectivity index (χ0n) is 17.3.